The van der Waals surface area contributed by atoms with Crippen LogP contribution in [0.4, 0.5) is 22.4 Å². The van der Waals surface area contributed by atoms with Crippen molar-refractivity contribution >= 4 is 6.09 Å². The van der Waals surface area contributed by atoms with Gasteiger partial charge in [0.15, 0.2) is 5.75 Å². The molecule has 1 aromatic carbocycles. The molecule has 1 saturated heterocycles. The second kappa shape index (κ2) is 8.64. The Hall–Kier alpha value is -2.88. The minimum Gasteiger partial charge on any atom is -0.408 e. The van der Waals surface area contributed by atoms with Crippen molar-refractivity contribution in [1.29, 1.82) is 0 Å². The Bertz CT molecular complexity index is 863. The van der Waals surface area contributed by atoms with Gasteiger partial charge in [0.2, 0.25) is 0 Å². The first kappa shape index (κ1) is 20.8. The van der Waals surface area contributed by atoms with E-state index in [9.17, 15) is 22.4 Å². The number of carbonyl (C=O) groups excluding carboxylic acids is 1. The fraction of sp³-hybridized carbons (Fsp3) is 0.368. The minimum absolute atomic E-state index is 0.0195. The number of hydrogen-bond acceptors (Lipinski definition) is 5. The van der Waals surface area contributed by atoms with Crippen LogP contribution in [0.2, 0.25) is 0 Å². The Morgan fingerprint density at radius 2 is 2.00 bits per heavy atom. The summed E-state index contributed by atoms with van der Waals surface area (Å²) >= 11 is 0. The summed E-state index contributed by atoms with van der Waals surface area (Å²) in [4.78, 5) is 19.5. The molecule has 1 fully saturated rings. The molecule has 1 amide bonds. The zero-order valence-electron chi connectivity index (χ0n) is 15.5. The van der Waals surface area contributed by atoms with Crippen molar-refractivity contribution in [3.8, 4) is 11.5 Å². The van der Waals surface area contributed by atoms with E-state index >= 15 is 0 Å². The normalized spacial score (nSPS) is 17.8. The highest BCUT2D eigenvalue weighted by Gasteiger charge is 2.31. The molecule has 0 aliphatic carbocycles. The lowest BCUT2D eigenvalue weighted by Gasteiger charge is -2.39. The summed E-state index contributed by atoms with van der Waals surface area (Å²) in [5, 5.41) is 0. The molecule has 2 aromatic rings. The van der Waals surface area contributed by atoms with Gasteiger partial charge in [-0.25, -0.2) is 9.18 Å². The Morgan fingerprint density at radius 1 is 1.21 bits per heavy atom. The van der Waals surface area contributed by atoms with E-state index in [1.54, 1.807) is 6.07 Å². The lowest BCUT2D eigenvalue weighted by molar-refractivity contribution is -0.274. The molecule has 1 aliphatic rings. The zero-order chi connectivity index (χ0) is 21.0. The molecule has 0 N–H and O–H groups in total. The van der Waals surface area contributed by atoms with Gasteiger partial charge in [0.05, 0.1) is 12.4 Å². The molecule has 29 heavy (non-hydrogen) atoms. The molecular formula is C19H19F4N3O3. The summed E-state index contributed by atoms with van der Waals surface area (Å²) in [6, 6.07) is 6.67. The fourth-order valence-electron chi connectivity index (χ4n) is 3.15. The third kappa shape index (κ3) is 6.05. The quantitative estimate of drug-likeness (QED) is 0.714. The smallest absolute Gasteiger partial charge is 0.408 e. The number of piperazine rings is 1. The number of alkyl halides is 3. The van der Waals surface area contributed by atoms with E-state index in [4.69, 9.17) is 4.74 Å². The van der Waals surface area contributed by atoms with Crippen LogP contribution >= 0.6 is 0 Å². The SMILES string of the molecule is C[C@@H]1CN(Cc2cccc(OC(F)(F)F)c2)CCN1C(=O)Oc1cncc(F)c1. The molecule has 6 nitrogen and oxygen atoms in total. The van der Waals surface area contributed by atoms with Gasteiger partial charge < -0.3 is 14.4 Å². The summed E-state index contributed by atoms with van der Waals surface area (Å²) in [6.07, 6.45) is -3.09. The Balaban J connectivity index is 1.56. The summed E-state index contributed by atoms with van der Waals surface area (Å²) in [6.45, 7) is 3.62. The maximum Gasteiger partial charge on any atom is 0.573 e. The molecule has 0 bridgehead atoms. The number of rotatable bonds is 4. The molecule has 10 heteroatoms. The lowest BCUT2D eigenvalue weighted by Crippen LogP contribution is -2.54. The number of halogens is 4. The topological polar surface area (TPSA) is 54.9 Å². The molecule has 0 saturated carbocycles. The van der Waals surface area contributed by atoms with Gasteiger partial charge in [-0.15, -0.1) is 13.2 Å². The Labute approximate surface area is 164 Å². The first-order valence-electron chi connectivity index (χ1n) is 8.85. The van der Waals surface area contributed by atoms with Gasteiger partial charge >= 0.3 is 12.5 Å². The van der Waals surface area contributed by atoms with Crippen LogP contribution in [0, 0.1) is 5.82 Å². The molecule has 0 unspecified atom stereocenters. The number of benzene rings is 1. The van der Waals surface area contributed by atoms with E-state index in [2.05, 4.69) is 9.72 Å². The monoisotopic (exact) mass is 413 g/mol. The van der Waals surface area contributed by atoms with Gasteiger partial charge in [-0.3, -0.25) is 9.88 Å². The van der Waals surface area contributed by atoms with Gasteiger partial charge in [-0.05, 0) is 24.6 Å². The molecule has 2 heterocycles. The average molecular weight is 413 g/mol. The van der Waals surface area contributed by atoms with Crippen LogP contribution in [-0.2, 0) is 6.54 Å². The summed E-state index contributed by atoms with van der Waals surface area (Å²) < 4.78 is 59.4. The number of carbonyl (C=O) groups is 1. The number of amides is 1. The molecular weight excluding hydrogens is 394 g/mol. The van der Waals surface area contributed by atoms with Crippen molar-refractivity contribution in [2.45, 2.75) is 25.9 Å². The van der Waals surface area contributed by atoms with E-state index in [0.29, 0.717) is 31.7 Å². The summed E-state index contributed by atoms with van der Waals surface area (Å²) in [5.41, 5.74) is 0.667. The first-order valence-corrected chi connectivity index (χ1v) is 8.85. The van der Waals surface area contributed by atoms with Gasteiger partial charge in [0.1, 0.15) is 11.6 Å². The largest absolute Gasteiger partial charge is 0.573 e. The Kier molecular flexibility index (Phi) is 6.21. The highest BCUT2D eigenvalue weighted by molar-refractivity contribution is 5.71. The van der Waals surface area contributed by atoms with Gasteiger partial charge in [0.25, 0.3) is 0 Å². The lowest BCUT2D eigenvalue weighted by atomic mass is 10.1. The van der Waals surface area contributed by atoms with Gasteiger partial charge in [-0.2, -0.15) is 0 Å². The van der Waals surface area contributed by atoms with Crippen LogP contribution in [0.5, 0.6) is 11.5 Å². The van der Waals surface area contributed by atoms with Crippen molar-refractivity contribution in [3.05, 3.63) is 54.1 Å². The first-order chi connectivity index (χ1) is 13.7. The third-order valence-electron chi connectivity index (χ3n) is 4.37. The van der Waals surface area contributed by atoms with Gasteiger partial charge in [0, 0.05) is 38.3 Å². The van der Waals surface area contributed by atoms with E-state index in [1.165, 1.54) is 29.3 Å². The van der Waals surface area contributed by atoms with Crippen molar-refractivity contribution < 1.29 is 31.8 Å². The second-order valence-electron chi connectivity index (χ2n) is 6.68. The van der Waals surface area contributed by atoms with Crippen LogP contribution < -0.4 is 9.47 Å². The molecule has 156 valence electrons. The van der Waals surface area contributed by atoms with Crippen molar-refractivity contribution in [2.24, 2.45) is 0 Å². The van der Waals surface area contributed by atoms with E-state index in [1.807, 2.05) is 11.8 Å². The molecule has 1 aliphatic heterocycles. The van der Waals surface area contributed by atoms with Crippen LogP contribution in [0.15, 0.2) is 42.7 Å². The number of ether oxygens (including phenoxy) is 2. The standard InChI is InChI=1S/C19H19F4N3O3/c1-13-11-25(12-14-3-2-4-16(7-14)29-19(21,22)23)5-6-26(13)18(27)28-17-8-15(20)9-24-10-17/h2-4,7-10,13H,5-6,11-12H2,1H3/t13-/m1/s1. The van der Waals surface area contributed by atoms with E-state index < -0.39 is 18.3 Å². The highest BCUT2D eigenvalue weighted by Crippen LogP contribution is 2.24. The van der Waals surface area contributed by atoms with Crippen LogP contribution in [0.1, 0.15) is 12.5 Å². The zero-order valence-corrected chi connectivity index (χ0v) is 15.5. The minimum atomic E-state index is -4.74. The van der Waals surface area contributed by atoms with E-state index in [-0.39, 0.29) is 17.5 Å². The number of aromatic nitrogens is 1. The fourth-order valence-corrected chi connectivity index (χ4v) is 3.15. The average Bonchev–Trinajstić information content (AvgIpc) is 2.60. The maximum absolute atomic E-state index is 13.2. The summed E-state index contributed by atoms with van der Waals surface area (Å²) in [7, 11) is 0. The molecule has 1 aromatic heterocycles. The van der Waals surface area contributed by atoms with Crippen LogP contribution in [-0.4, -0.2) is 52.9 Å². The number of pyridine rings is 1. The summed E-state index contributed by atoms with van der Waals surface area (Å²) in [5.74, 6) is -0.857. The predicted octanol–water partition coefficient (Wildman–Crippen LogP) is 3.82. The number of hydrogen-bond donors (Lipinski definition) is 0. The molecule has 1 atom stereocenters. The van der Waals surface area contributed by atoms with Crippen LogP contribution in [0.25, 0.3) is 0 Å². The Morgan fingerprint density at radius 3 is 2.69 bits per heavy atom. The van der Waals surface area contributed by atoms with Crippen molar-refractivity contribution in [2.75, 3.05) is 19.6 Å². The highest BCUT2D eigenvalue weighted by atomic mass is 19.4. The maximum atomic E-state index is 13.2. The molecule has 0 radical (unpaired) electrons. The molecule has 0 spiro atoms. The van der Waals surface area contributed by atoms with Crippen molar-refractivity contribution in [3.63, 3.8) is 0 Å². The predicted molar refractivity (Wildman–Crippen MR) is 94.8 cm³/mol. The van der Waals surface area contributed by atoms with Crippen molar-refractivity contribution in [1.82, 2.24) is 14.8 Å². The van der Waals surface area contributed by atoms with Gasteiger partial charge in [-0.1, -0.05) is 12.1 Å². The van der Waals surface area contributed by atoms with Crippen LogP contribution in [0.3, 0.4) is 0 Å². The van der Waals surface area contributed by atoms with E-state index in [0.717, 1.165) is 12.3 Å². The third-order valence-corrected chi connectivity index (χ3v) is 4.37. The number of nitrogens with zero attached hydrogens (tertiary/aromatic N) is 3. The molecule has 3 rings (SSSR count). The second-order valence-corrected chi connectivity index (χ2v) is 6.68.